The van der Waals surface area contributed by atoms with Crippen LogP contribution in [-0.2, 0) is 0 Å². The van der Waals surface area contributed by atoms with Crippen LogP contribution in [0.2, 0.25) is 0 Å². The maximum Gasteiger partial charge on any atom is 0.123 e. The van der Waals surface area contributed by atoms with Gasteiger partial charge in [-0.3, -0.25) is 0 Å². The van der Waals surface area contributed by atoms with Crippen LogP contribution in [0.5, 0.6) is 5.75 Å². The van der Waals surface area contributed by atoms with Crippen molar-refractivity contribution in [2.75, 3.05) is 25.1 Å². The SMILES string of the molecule is COc1cc(N2CCC(N)CC2)ccc1C. The molecule has 1 fully saturated rings. The predicted molar refractivity (Wildman–Crippen MR) is 67.2 cm³/mol. The highest BCUT2D eigenvalue weighted by atomic mass is 16.5. The number of hydrogen-bond donors (Lipinski definition) is 1. The molecule has 1 saturated heterocycles. The minimum atomic E-state index is 0.378. The highest BCUT2D eigenvalue weighted by Crippen LogP contribution is 2.26. The second kappa shape index (κ2) is 4.74. The van der Waals surface area contributed by atoms with Gasteiger partial charge in [0.15, 0.2) is 0 Å². The minimum absolute atomic E-state index is 0.378. The molecule has 1 aliphatic rings. The van der Waals surface area contributed by atoms with Crippen LogP contribution in [0.1, 0.15) is 18.4 Å². The number of nitrogens with zero attached hydrogens (tertiary/aromatic N) is 1. The Bertz CT molecular complexity index is 357. The fraction of sp³-hybridized carbons (Fsp3) is 0.538. The lowest BCUT2D eigenvalue weighted by atomic mass is 10.0. The van der Waals surface area contributed by atoms with Gasteiger partial charge in [0.2, 0.25) is 0 Å². The molecule has 0 atom stereocenters. The number of piperidine rings is 1. The molecule has 3 heteroatoms. The summed E-state index contributed by atoms with van der Waals surface area (Å²) >= 11 is 0. The fourth-order valence-corrected chi connectivity index (χ4v) is 2.16. The summed E-state index contributed by atoms with van der Waals surface area (Å²) in [5, 5.41) is 0. The Morgan fingerprint density at radius 3 is 2.62 bits per heavy atom. The van der Waals surface area contributed by atoms with E-state index in [9.17, 15) is 0 Å². The van der Waals surface area contributed by atoms with E-state index >= 15 is 0 Å². The second-order valence-corrected chi connectivity index (χ2v) is 4.48. The van der Waals surface area contributed by atoms with E-state index in [1.54, 1.807) is 7.11 Å². The summed E-state index contributed by atoms with van der Waals surface area (Å²) in [4.78, 5) is 2.38. The zero-order chi connectivity index (χ0) is 11.5. The van der Waals surface area contributed by atoms with Gasteiger partial charge in [-0.05, 0) is 31.4 Å². The Morgan fingerprint density at radius 2 is 2.00 bits per heavy atom. The van der Waals surface area contributed by atoms with Crippen LogP contribution in [0.15, 0.2) is 18.2 Å². The third kappa shape index (κ3) is 2.30. The van der Waals surface area contributed by atoms with E-state index in [1.807, 2.05) is 0 Å². The maximum atomic E-state index is 5.90. The van der Waals surface area contributed by atoms with Crippen molar-refractivity contribution in [2.24, 2.45) is 5.73 Å². The summed E-state index contributed by atoms with van der Waals surface area (Å²) in [7, 11) is 1.72. The van der Waals surface area contributed by atoms with Crippen LogP contribution < -0.4 is 15.4 Å². The first-order valence-electron chi connectivity index (χ1n) is 5.86. The molecule has 1 aromatic rings. The predicted octanol–water partition coefficient (Wildman–Crippen LogP) is 1.93. The second-order valence-electron chi connectivity index (χ2n) is 4.48. The summed E-state index contributed by atoms with van der Waals surface area (Å²) in [6, 6.07) is 6.77. The Morgan fingerprint density at radius 1 is 1.31 bits per heavy atom. The molecule has 0 aromatic heterocycles. The van der Waals surface area contributed by atoms with Crippen LogP contribution in [-0.4, -0.2) is 26.2 Å². The smallest absolute Gasteiger partial charge is 0.123 e. The van der Waals surface area contributed by atoms with Gasteiger partial charge in [0.1, 0.15) is 5.75 Å². The van der Waals surface area contributed by atoms with Crippen LogP contribution in [0, 0.1) is 6.92 Å². The van der Waals surface area contributed by atoms with Gasteiger partial charge < -0.3 is 15.4 Å². The van der Waals surface area contributed by atoms with Crippen molar-refractivity contribution in [3.8, 4) is 5.75 Å². The molecular formula is C13H20N2O. The van der Waals surface area contributed by atoms with Crippen LogP contribution in [0.25, 0.3) is 0 Å². The highest BCUT2D eigenvalue weighted by Gasteiger charge is 2.16. The highest BCUT2D eigenvalue weighted by molar-refractivity contribution is 5.53. The number of rotatable bonds is 2. The van der Waals surface area contributed by atoms with Crippen molar-refractivity contribution >= 4 is 5.69 Å². The molecule has 0 bridgehead atoms. The fourth-order valence-electron chi connectivity index (χ4n) is 2.16. The summed E-state index contributed by atoms with van der Waals surface area (Å²) in [6.07, 6.45) is 2.16. The zero-order valence-electron chi connectivity index (χ0n) is 10.1. The minimum Gasteiger partial charge on any atom is -0.496 e. The molecule has 0 spiro atoms. The Labute approximate surface area is 97.2 Å². The number of nitrogens with two attached hydrogens (primary N) is 1. The Hall–Kier alpha value is -1.22. The zero-order valence-corrected chi connectivity index (χ0v) is 10.1. The summed E-state index contributed by atoms with van der Waals surface area (Å²) in [6.45, 7) is 4.16. The van der Waals surface area contributed by atoms with E-state index in [2.05, 4.69) is 30.0 Å². The van der Waals surface area contributed by atoms with Crippen LogP contribution in [0.4, 0.5) is 5.69 Å². The number of ether oxygens (including phenoxy) is 1. The molecule has 1 heterocycles. The molecule has 0 radical (unpaired) electrons. The molecule has 88 valence electrons. The molecule has 0 unspecified atom stereocenters. The van der Waals surface area contributed by atoms with Gasteiger partial charge in [-0.1, -0.05) is 6.07 Å². The summed E-state index contributed by atoms with van der Waals surface area (Å²) < 4.78 is 5.35. The molecule has 1 aliphatic heterocycles. The molecule has 2 rings (SSSR count). The van der Waals surface area contributed by atoms with Crippen LogP contribution >= 0.6 is 0 Å². The van der Waals surface area contributed by atoms with Crippen molar-refractivity contribution < 1.29 is 4.74 Å². The quantitative estimate of drug-likeness (QED) is 0.827. The van der Waals surface area contributed by atoms with Crippen LogP contribution in [0.3, 0.4) is 0 Å². The first kappa shape index (κ1) is 11.3. The van der Waals surface area contributed by atoms with Gasteiger partial charge in [-0.25, -0.2) is 0 Å². The van der Waals surface area contributed by atoms with Gasteiger partial charge in [-0.15, -0.1) is 0 Å². The normalized spacial score (nSPS) is 17.6. The number of methoxy groups -OCH3 is 1. The van der Waals surface area contributed by atoms with E-state index in [-0.39, 0.29) is 0 Å². The summed E-state index contributed by atoms with van der Waals surface area (Å²) in [5.41, 5.74) is 8.33. The first-order valence-corrected chi connectivity index (χ1v) is 5.86. The molecular weight excluding hydrogens is 200 g/mol. The standard InChI is InChI=1S/C13H20N2O/c1-10-3-4-12(9-13(10)16-2)15-7-5-11(14)6-8-15/h3-4,9,11H,5-8,14H2,1-2H3. The van der Waals surface area contributed by atoms with Gasteiger partial charge in [0.25, 0.3) is 0 Å². The first-order chi connectivity index (χ1) is 7.70. The number of anilines is 1. The lowest BCUT2D eigenvalue weighted by molar-refractivity contribution is 0.411. The van der Waals surface area contributed by atoms with E-state index in [4.69, 9.17) is 10.5 Å². The van der Waals surface area contributed by atoms with Gasteiger partial charge >= 0.3 is 0 Å². The number of aryl methyl sites for hydroxylation is 1. The van der Waals surface area contributed by atoms with Gasteiger partial charge in [-0.2, -0.15) is 0 Å². The van der Waals surface area contributed by atoms with Crippen molar-refractivity contribution in [2.45, 2.75) is 25.8 Å². The molecule has 1 aromatic carbocycles. The monoisotopic (exact) mass is 220 g/mol. The van der Waals surface area contributed by atoms with Gasteiger partial charge in [0.05, 0.1) is 7.11 Å². The largest absolute Gasteiger partial charge is 0.496 e. The van der Waals surface area contributed by atoms with E-state index in [0.29, 0.717) is 6.04 Å². The van der Waals surface area contributed by atoms with Crippen molar-refractivity contribution in [1.82, 2.24) is 0 Å². The number of hydrogen-bond acceptors (Lipinski definition) is 3. The summed E-state index contributed by atoms with van der Waals surface area (Å²) in [5.74, 6) is 0.965. The maximum absolute atomic E-state index is 5.90. The van der Waals surface area contributed by atoms with E-state index in [0.717, 1.165) is 31.7 Å². The lowest BCUT2D eigenvalue weighted by Crippen LogP contribution is -2.39. The number of benzene rings is 1. The Kier molecular flexibility index (Phi) is 3.34. The topological polar surface area (TPSA) is 38.5 Å². The third-order valence-electron chi connectivity index (χ3n) is 3.30. The average molecular weight is 220 g/mol. The molecule has 3 nitrogen and oxygen atoms in total. The lowest BCUT2D eigenvalue weighted by Gasteiger charge is -2.32. The molecule has 0 saturated carbocycles. The van der Waals surface area contributed by atoms with E-state index < -0.39 is 0 Å². The molecule has 2 N–H and O–H groups in total. The van der Waals surface area contributed by atoms with Crippen molar-refractivity contribution in [3.63, 3.8) is 0 Å². The van der Waals surface area contributed by atoms with Crippen molar-refractivity contribution in [3.05, 3.63) is 23.8 Å². The third-order valence-corrected chi connectivity index (χ3v) is 3.30. The van der Waals surface area contributed by atoms with Gasteiger partial charge in [0, 0.05) is 30.9 Å². The average Bonchev–Trinajstić information content (AvgIpc) is 2.31. The molecule has 0 aliphatic carbocycles. The Balaban J connectivity index is 2.14. The molecule has 16 heavy (non-hydrogen) atoms. The van der Waals surface area contributed by atoms with E-state index in [1.165, 1.54) is 11.3 Å². The molecule has 0 amide bonds. The van der Waals surface area contributed by atoms with Crippen molar-refractivity contribution in [1.29, 1.82) is 0 Å².